The Morgan fingerprint density at radius 2 is 1.84 bits per heavy atom. The number of nitrogens with zero attached hydrogens (tertiary/aromatic N) is 2. The predicted octanol–water partition coefficient (Wildman–Crippen LogP) is 3.04. The van der Waals surface area contributed by atoms with Gasteiger partial charge in [-0.1, -0.05) is 18.0 Å². The molecule has 0 bridgehead atoms. The molecule has 0 aliphatic carbocycles. The molecular weight excluding hydrogens is 340 g/mol. The molecule has 2 aliphatic rings. The van der Waals surface area contributed by atoms with Crippen LogP contribution in [0, 0.1) is 0 Å². The van der Waals surface area contributed by atoms with Crippen LogP contribution in [0.25, 0.3) is 0 Å². The lowest BCUT2D eigenvalue weighted by Crippen LogP contribution is -2.49. The Kier molecular flexibility index (Phi) is 6.82. The molecule has 0 amide bonds. The number of hydrogen-bond donors (Lipinski definition) is 0. The van der Waals surface area contributed by atoms with Gasteiger partial charge in [-0.3, -0.25) is 9.80 Å². The Labute approximate surface area is 155 Å². The van der Waals surface area contributed by atoms with Gasteiger partial charge in [0, 0.05) is 43.9 Å². The molecule has 0 spiro atoms. The highest BCUT2D eigenvalue weighted by Gasteiger charge is 2.26. The second-order valence-corrected chi connectivity index (χ2v) is 7.24. The number of halogens is 1. The fourth-order valence-corrected chi connectivity index (χ4v) is 4.08. The first kappa shape index (κ1) is 18.8. The summed E-state index contributed by atoms with van der Waals surface area (Å²) in [6, 6.07) is 4.45. The minimum absolute atomic E-state index is 0.581. The highest BCUT2D eigenvalue weighted by Crippen LogP contribution is 2.34. The van der Waals surface area contributed by atoms with E-state index in [9.17, 15) is 0 Å². The van der Waals surface area contributed by atoms with Crippen LogP contribution >= 0.6 is 11.6 Å². The molecule has 1 aromatic carbocycles. The van der Waals surface area contributed by atoms with Gasteiger partial charge >= 0.3 is 0 Å². The summed E-state index contributed by atoms with van der Waals surface area (Å²) >= 11 is 6.35. The van der Waals surface area contributed by atoms with Crippen molar-refractivity contribution in [3.63, 3.8) is 0 Å². The van der Waals surface area contributed by atoms with Crippen LogP contribution in [0.2, 0.25) is 5.02 Å². The molecule has 0 N–H and O–H groups in total. The van der Waals surface area contributed by atoms with Gasteiger partial charge in [-0.25, -0.2) is 0 Å². The Balaban J connectivity index is 1.71. The average Bonchev–Trinajstić information content (AvgIpc) is 2.64. The highest BCUT2D eigenvalue weighted by molar-refractivity contribution is 6.32. The van der Waals surface area contributed by atoms with Crippen LogP contribution in [0.15, 0.2) is 12.1 Å². The minimum atomic E-state index is 0.581. The fourth-order valence-electron chi connectivity index (χ4n) is 3.82. The third-order valence-corrected chi connectivity index (χ3v) is 5.55. The maximum Gasteiger partial charge on any atom is 0.141 e. The van der Waals surface area contributed by atoms with Gasteiger partial charge in [-0.15, -0.1) is 0 Å². The van der Waals surface area contributed by atoms with Crippen LogP contribution in [-0.2, 0) is 11.3 Å². The number of piperidine rings is 1. The summed E-state index contributed by atoms with van der Waals surface area (Å²) in [4.78, 5) is 5.12. The van der Waals surface area contributed by atoms with Gasteiger partial charge in [-0.2, -0.15) is 0 Å². The third kappa shape index (κ3) is 4.79. The zero-order valence-corrected chi connectivity index (χ0v) is 16.1. The number of methoxy groups -OCH3 is 2. The molecule has 1 atom stereocenters. The number of morpholine rings is 1. The fraction of sp³-hybridized carbons (Fsp3) is 0.684. The zero-order valence-electron chi connectivity index (χ0n) is 15.3. The molecule has 0 saturated carbocycles. The van der Waals surface area contributed by atoms with E-state index in [4.69, 9.17) is 25.8 Å². The summed E-state index contributed by atoms with van der Waals surface area (Å²) in [5, 5.41) is 0.639. The SMILES string of the molecule is COc1cc(OC)c(CN2CCCCC2CN2CCOCC2)cc1Cl. The molecule has 2 aliphatic heterocycles. The normalized spacial score (nSPS) is 22.8. The summed E-state index contributed by atoms with van der Waals surface area (Å²) in [6.07, 6.45) is 3.82. The van der Waals surface area contributed by atoms with Crippen LogP contribution in [0.4, 0.5) is 0 Å². The largest absolute Gasteiger partial charge is 0.496 e. The maximum absolute atomic E-state index is 6.35. The molecule has 2 heterocycles. The second-order valence-electron chi connectivity index (χ2n) is 6.83. The van der Waals surface area contributed by atoms with Crippen LogP contribution in [0.1, 0.15) is 24.8 Å². The summed E-state index contributed by atoms with van der Waals surface area (Å²) < 4.78 is 16.4. The molecule has 140 valence electrons. The van der Waals surface area contributed by atoms with Gasteiger partial charge in [-0.05, 0) is 25.5 Å². The van der Waals surface area contributed by atoms with E-state index in [1.54, 1.807) is 14.2 Å². The number of likely N-dealkylation sites (tertiary alicyclic amines) is 1. The van der Waals surface area contributed by atoms with Crippen LogP contribution in [0.5, 0.6) is 11.5 Å². The highest BCUT2D eigenvalue weighted by atomic mass is 35.5. The van der Waals surface area contributed by atoms with E-state index < -0.39 is 0 Å². The molecular formula is C19H29ClN2O3. The summed E-state index contributed by atoms with van der Waals surface area (Å²) in [5.41, 5.74) is 1.13. The van der Waals surface area contributed by atoms with Crippen LogP contribution < -0.4 is 9.47 Å². The van der Waals surface area contributed by atoms with Crippen molar-refractivity contribution in [2.24, 2.45) is 0 Å². The maximum atomic E-state index is 6.35. The first-order valence-corrected chi connectivity index (χ1v) is 9.53. The van der Waals surface area contributed by atoms with Crippen molar-refractivity contribution in [2.75, 3.05) is 53.6 Å². The van der Waals surface area contributed by atoms with E-state index in [0.717, 1.165) is 57.3 Å². The van der Waals surface area contributed by atoms with Gasteiger partial charge in [0.2, 0.25) is 0 Å². The topological polar surface area (TPSA) is 34.2 Å². The van der Waals surface area contributed by atoms with Crippen molar-refractivity contribution < 1.29 is 14.2 Å². The first-order chi connectivity index (χ1) is 12.2. The molecule has 0 radical (unpaired) electrons. The zero-order chi connectivity index (χ0) is 17.6. The Hall–Kier alpha value is -1.01. The lowest BCUT2D eigenvalue weighted by atomic mass is 10.00. The smallest absolute Gasteiger partial charge is 0.141 e. The van der Waals surface area contributed by atoms with Crippen LogP contribution in [-0.4, -0.2) is 69.5 Å². The second kappa shape index (κ2) is 9.08. The standard InChI is InChI=1S/C19H29ClN2O3/c1-23-18-12-19(24-2)17(20)11-15(18)13-22-6-4-3-5-16(22)14-21-7-9-25-10-8-21/h11-12,16H,3-10,13-14H2,1-2H3. The average molecular weight is 369 g/mol. The molecule has 2 saturated heterocycles. The predicted molar refractivity (Wildman–Crippen MR) is 99.9 cm³/mol. The summed E-state index contributed by atoms with van der Waals surface area (Å²) in [5.74, 6) is 1.50. The molecule has 5 nitrogen and oxygen atoms in total. The van der Waals surface area contributed by atoms with E-state index in [2.05, 4.69) is 9.80 Å². The Morgan fingerprint density at radius 3 is 2.56 bits per heavy atom. The number of hydrogen-bond acceptors (Lipinski definition) is 5. The Bertz CT molecular complexity index is 564. The molecule has 0 aromatic heterocycles. The molecule has 1 unspecified atom stereocenters. The van der Waals surface area contributed by atoms with E-state index in [0.29, 0.717) is 16.8 Å². The van der Waals surface area contributed by atoms with Crippen molar-refractivity contribution >= 4 is 11.6 Å². The van der Waals surface area contributed by atoms with Gasteiger partial charge < -0.3 is 14.2 Å². The number of rotatable bonds is 6. The number of ether oxygens (including phenoxy) is 3. The quantitative estimate of drug-likeness (QED) is 0.771. The van der Waals surface area contributed by atoms with Gasteiger partial charge in [0.25, 0.3) is 0 Å². The van der Waals surface area contributed by atoms with Crippen molar-refractivity contribution in [3.8, 4) is 11.5 Å². The lowest BCUT2D eigenvalue weighted by molar-refractivity contribution is 0.0152. The van der Waals surface area contributed by atoms with E-state index in [1.165, 1.54) is 19.3 Å². The summed E-state index contributed by atoms with van der Waals surface area (Å²) in [6.45, 7) is 6.91. The van der Waals surface area contributed by atoms with Gasteiger partial charge in [0.05, 0.1) is 32.5 Å². The monoisotopic (exact) mass is 368 g/mol. The first-order valence-electron chi connectivity index (χ1n) is 9.16. The third-order valence-electron chi connectivity index (χ3n) is 5.25. The van der Waals surface area contributed by atoms with Crippen molar-refractivity contribution in [1.29, 1.82) is 0 Å². The van der Waals surface area contributed by atoms with E-state index >= 15 is 0 Å². The van der Waals surface area contributed by atoms with Gasteiger partial charge in [0.1, 0.15) is 11.5 Å². The minimum Gasteiger partial charge on any atom is -0.496 e. The summed E-state index contributed by atoms with van der Waals surface area (Å²) in [7, 11) is 3.33. The number of benzene rings is 1. The van der Waals surface area contributed by atoms with Gasteiger partial charge in [0.15, 0.2) is 0 Å². The molecule has 1 aromatic rings. The van der Waals surface area contributed by atoms with Crippen molar-refractivity contribution in [2.45, 2.75) is 31.8 Å². The van der Waals surface area contributed by atoms with Crippen LogP contribution in [0.3, 0.4) is 0 Å². The molecule has 2 fully saturated rings. The Morgan fingerprint density at radius 1 is 1.08 bits per heavy atom. The van der Waals surface area contributed by atoms with Crippen molar-refractivity contribution in [3.05, 3.63) is 22.7 Å². The van der Waals surface area contributed by atoms with E-state index in [1.807, 2.05) is 12.1 Å². The lowest BCUT2D eigenvalue weighted by Gasteiger charge is -2.40. The molecule has 25 heavy (non-hydrogen) atoms. The molecule has 3 rings (SSSR count). The van der Waals surface area contributed by atoms with E-state index in [-0.39, 0.29) is 0 Å². The van der Waals surface area contributed by atoms with Crippen molar-refractivity contribution in [1.82, 2.24) is 9.80 Å². The molecule has 6 heteroatoms.